The summed E-state index contributed by atoms with van der Waals surface area (Å²) in [5.74, 6) is -3.33. The Morgan fingerprint density at radius 1 is 0.929 bits per heavy atom. The molecule has 0 rings (SSSR count). The molecule has 0 amide bonds. The first-order valence-corrected chi connectivity index (χ1v) is 11.3. The van der Waals surface area contributed by atoms with Crippen LogP contribution >= 0.6 is 0 Å². The van der Waals surface area contributed by atoms with Crippen LogP contribution in [0, 0.1) is 0 Å². The summed E-state index contributed by atoms with van der Waals surface area (Å²) in [6.45, 7) is 1.85. The lowest BCUT2D eigenvalue weighted by Crippen LogP contribution is -2.35. The Bertz CT molecular complexity index is 576. The van der Waals surface area contributed by atoms with E-state index < -0.39 is 39.7 Å². The second-order valence-corrected chi connectivity index (χ2v) is 8.19. The predicted octanol–water partition coefficient (Wildman–Crippen LogP) is 2.13. The van der Waals surface area contributed by atoms with Crippen molar-refractivity contribution in [2.24, 2.45) is 5.73 Å². The molecule has 0 bridgehead atoms. The largest absolute Gasteiger partial charge is 0.463 e. The molecule has 0 aliphatic rings. The van der Waals surface area contributed by atoms with Gasteiger partial charge in [-0.15, -0.1) is 0 Å². The van der Waals surface area contributed by atoms with E-state index in [0.29, 0.717) is 6.42 Å². The van der Waals surface area contributed by atoms with Crippen LogP contribution in [0.2, 0.25) is 0 Å². The molecule has 164 valence electrons. The van der Waals surface area contributed by atoms with Crippen molar-refractivity contribution in [3.63, 3.8) is 0 Å². The van der Waals surface area contributed by atoms with Crippen LogP contribution in [0.4, 0.5) is 0 Å². The van der Waals surface area contributed by atoms with Crippen molar-refractivity contribution in [1.82, 2.24) is 0 Å². The summed E-state index contributed by atoms with van der Waals surface area (Å²) in [5.41, 5.74) is 5.13. The molecule has 28 heavy (non-hydrogen) atoms. The molecule has 0 aromatic heterocycles. The maximum Gasteiger partial charge on any atom is 0.327 e. The zero-order valence-corrected chi connectivity index (χ0v) is 17.4. The average molecular weight is 424 g/mol. The molecular weight excluding hydrogens is 390 g/mol. The third-order valence-corrected chi connectivity index (χ3v) is 5.13. The molecule has 0 heterocycles. The second-order valence-electron chi connectivity index (χ2n) is 6.59. The van der Waals surface area contributed by atoms with Crippen LogP contribution in [0.5, 0.6) is 0 Å². The minimum Gasteiger partial charge on any atom is -0.463 e. The van der Waals surface area contributed by atoms with Gasteiger partial charge in [-0.05, 0) is 6.42 Å². The maximum absolute atomic E-state index is 11.7. The lowest BCUT2D eigenvalue weighted by Gasteiger charge is -2.12. The van der Waals surface area contributed by atoms with E-state index in [4.69, 9.17) is 10.3 Å². The van der Waals surface area contributed by atoms with Crippen molar-refractivity contribution >= 4 is 28.0 Å². The van der Waals surface area contributed by atoms with E-state index >= 15 is 0 Å². The number of carbonyl (C=O) groups is 3. The van der Waals surface area contributed by atoms with Crippen molar-refractivity contribution in [2.75, 3.05) is 13.2 Å². The smallest absolute Gasteiger partial charge is 0.327 e. The molecule has 0 aromatic rings. The second kappa shape index (κ2) is 15.4. The molecule has 0 saturated carbocycles. The first-order valence-electron chi connectivity index (χ1n) is 9.78. The molecule has 0 aliphatic carbocycles. The summed E-state index contributed by atoms with van der Waals surface area (Å²) in [4.78, 5) is 35.0. The number of hydrogen-bond acceptors (Lipinski definition) is 8. The van der Waals surface area contributed by atoms with E-state index in [-0.39, 0.29) is 19.6 Å². The average Bonchev–Trinajstić information content (AvgIpc) is 2.61. The van der Waals surface area contributed by atoms with Crippen LogP contribution < -0.4 is 5.73 Å². The van der Waals surface area contributed by atoms with Crippen LogP contribution in [0.15, 0.2) is 0 Å². The third kappa shape index (κ3) is 13.6. The number of nitrogens with two attached hydrogens (primary N) is 1. The molecule has 3 N–H and O–H groups in total. The van der Waals surface area contributed by atoms with E-state index in [1.165, 1.54) is 32.1 Å². The SMILES string of the molecule is CCCCCCCCCCCC(=O)OC(=O)CC(C(=O)OCCN)S(=O)(=O)O. The van der Waals surface area contributed by atoms with Crippen LogP contribution in [0.1, 0.15) is 77.6 Å². The molecule has 0 saturated heterocycles. The highest BCUT2D eigenvalue weighted by molar-refractivity contribution is 7.87. The summed E-state index contributed by atoms with van der Waals surface area (Å²) in [6, 6.07) is 0. The van der Waals surface area contributed by atoms with Gasteiger partial charge in [-0.3, -0.25) is 18.9 Å². The lowest BCUT2D eigenvalue weighted by molar-refractivity contribution is -0.161. The highest BCUT2D eigenvalue weighted by Crippen LogP contribution is 2.12. The summed E-state index contributed by atoms with van der Waals surface area (Å²) in [7, 11) is -4.89. The summed E-state index contributed by atoms with van der Waals surface area (Å²) >= 11 is 0. The predicted molar refractivity (Wildman–Crippen MR) is 103 cm³/mol. The van der Waals surface area contributed by atoms with Crippen molar-refractivity contribution < 1.29 is 36.8 Å². The molecule has 0 spiro atoms. The number of carbonyl (C=O) groups excluding carboxylic acids is 3. The van der Waals surface area contributed by atoms with Gasteiger partial charge in [0.15, 0.2) is 5.25 Å². The van der Waals surface area contributed by atoms with Crippen LogP contribution in [-0.2, 0) is 34.0 Å². The maximum atomic E-state index is 11.7. The number of esters is 3. The molecule has 9 nitrogen and oxygen atoms in total. The first kappa shape index (κ1) is 26.5. The monoisotopic (exact) mass is 423 g/mol. The summed E-state index contributed by atoms with van der Waals surface area (Å²) in [5, 5.41) is -2.15. The Balaban J connectivity index is 4.11. The molecule has 0 fully saturated rings. The Hall–Kier alpha value is -1.52. The van der Waals surface area contributed by atoms with Gasteiger partial charge < -0.3 is 15.2 Å². The first-order chi connectivity index (χ1) is 13.2. The van der Waals surface area contributed by atoms with Gasteiger partial charge in [0.05, 0.1) is 6.42 Å². The van der Waals surface area contributed by atoms with Gasteiger partial charge >= 0.3 is 17.9 Å². The van der Waals surface area contributed by atoms with E-state index in [1.54, 1.807) is 0 Å². The Morgan fingerprint density at radius 2 is 1.46 bits per heavy atom. The van der Waals surface area contributed by atoms with Gasteiger partial charge in [-0.25, -0.2) is 0 Å². The highest BCUT2D eigenvalue weighted by Gasteiger charge is 2.36. The summed E-state index contributed by atoms with van der Waals surface area (Å²) < 4.78 is 40.6. The molecule has 0 radical (unpaired) electrons. The fourth-order valence-corrected chi connectivity index (χ4v) is 3.17. The molecule has 10 heteroatoms. The molecule has 1 unspecified atom stereocenters. The van der Waals surface area contributed by atoms with Gasteiger partial charge in [0.2, 0.25) is 0 Å². The highest BCUT2D eigenvalue weighted by atomic mass is 32.2. The standard InChI is InChI=1S/C18H33NO8S/c1-2-3-4-5-6-7-8-9-10-11-16(20)27-17(21)14-15(28(23,24)25)18(22)26-13-12-19/h15H,2-14,19H2,1H3,(H,23,24,25). The lowest BCUT2D eigenvalue weighted by atomic mass is 10.1. The van der Waals surface area contributed by atoms with Gasteiger partial charge in [0, 0.05) is 13.0 Å². The quantitative estimate of drug-likeness (QED) is 0.165. The van der Waals surface area contributed by atoms with E-state index in [2.05, 4.69) is 16.4 Å². The van der Waals surface area contributed by atoms with Crippen LogP contribution in [0.25, 0.3) is 0 Å². The summed E-state index contributed by atoms with van der Waals surface area (Å²) in [6.07, 6.45) is 8.58. The Labute approximate surface area is 167 Å². The zero-order valence-electron chi connectivity index (χ0n) is 16.6. The number of rotatable bonds is 16. The fourth-order valence-electron chi connectivity index (χ4n) is 2.51. The van der Waals surface area contributed by atoms with Crippen molar-refractivity contribution in [3.05, 3.63) is 0 Å². The van der Waals surface area contributed by atoms with Crippen molar-refractivity contribution in [3.8, 4) is 0 Å². The van der Waals surface area contributed by atoms with Crippen molar-refractivity contribution in [2.45, 2.75) is 82.8 Å². The molecule has 0 aliphatic heterocycles. The Morgan fingerprint density at radius 3 is 1.96 bits per heavy atom. The Kier molecular flexibility index (Phi) is 14.6. The third-order valence-electron chi connectivity index (χ3n) is 4.05. The minimum atomic E-state index is -4.89. The van der Waals surface area contributed by atoms with E-state index in [0.717, 1.165) is 19.3 Å². The molecule has 0 aromatic carbocycles. The topological polar surface area (TPSA) is 150 Å². The normalized spacial score (nSPS) is 12.4. The number of unbranched alkanes of at least 4 members (excludes halogenated alkanes) is 8. The molecular formula is C18H33NO8S. The van der Waals surface area contributed by atoms with Gasteiger partial charge in [-0.2, -0.15) is 8.42 Å². The minimum absolute atomic E-state index is 0.0235. The van der Waals surface area contributed by atoms with Crippen molar-refractivity contribution in [1.29, 1.82) is 0 Å². The molecule has 1 atom stereocenters. The van der Waals surface area contributed by atoms with E-state index in [9.17, 15) is 22.8 Å². The van der Waals surface area contributed by atoms with Gasteiger partial charge in [-0.1, -0.05) is 58.3 Å². The number of hydrogen-bond donors (Lipinski definition) is 2. The fraction of sp³-hybridized carbons (Fsp3) is 0.833. The van der Waals surface area contributed by atoms with Gasteiger partial charge in [0.1, 0.15) is 6.61 Å². The number of ether oxygens (including phenoxy) is 2. The van der Waals surface area contributed by atoms with Gasteiger partial charge in [0.25, 0.3) is 10.1 Å². The van der Waals surface area contributed by atoms with Crippen LogP contribution in [-0.4, -0.2) is 49.3 Å². The zero-order chi connectivity index (χ0) is 21.4. The van der Waals surface area contributed by atoms with E-state index in [1.807, 2.05) is 0 Å². The van der Waals surface area contributed by atoms with Crippen LogP contribution in [0.3, 0.4) is 0 Å².